The second-order valence-electron chi connectivity index (χ2n) is 6.05. The Kier molecular flexibility index (Phi) is 5.90. The van der Waals surface area contributed by atoms with Gasteiger partial charge in [-0.3, -0.25) is 14.9 Å². The van der Waals surface area contributed by atoms with Crippen LogP contribution < -0.4 is 14.8 Å². The number of anilines is 1. The molecule has 9 nitrogen and oxygen atoms in total. The summed E-state index contributed by atoms with van der Waals surface area (Å²) in [5.41, 5.74) is 1.04. The molecule has 0 aliphatic carbocycles. The van der Waals surface area contributed by atoms with Gasteiger partial charge in [0, 0.05) is 23.8 Å². The topological polar surface area (TPSA) is 109 Å². The van der Waals surface area contributed by atoms with Gasteiger partial charge < -0.3 is 14.8 Å². The molecule has 3 rings (SSSR count). The number of carbonyl (C=O) groups is 1. The zero-order valence-electron chi connectivity index (χ0n) is 15.8. The van der Waals surface area contributed by atoms with Gasteiger partial charge in [-0.2, -0.15) is 13.9 Å². The smallest absolute Gasteiger partial charge is 0.387 e. The Labute approximate surface area is 169 Å². The SMILES string of the molecule is COc1ccc(C(=O)Nc2cc(C)nn2-c2ccc([N+](=O)[O-])cc2)cc1OC(F)F. The van der Waals surface area contributed by atoms with Crippen molar-refractivity contribution >= 4 is 17.4 Å². The molecule has 11 heteroatoms. The highest BCUT2D eigenvalue weighted by Crippen LogP contribution is 2.30. The van der Waals surface area contributed by atoms with Crippen LogP contribution in [-0.2, 0) is 0 Å². The summed E-state index contributed by atoms with van der Waals surface area (Å²) in [5, 5.41) is 17.7. The van der Waals surface area contributed by atoms with Crippen LogP contribution in [-0.4, -0.2) is 34.3 Å². The predicted molar refractivity (Wildman–Crippen MR) is 103 cm³/mol. The molecule has 2 aromatic carbocycles. The highest BCUT2D eigenvalue weighted by atomic mass is 19.3. The molecule has 0 spiro atoms. The van der Waals surface area contributed by atoms with Crippen molar-refractivity contribution in [2.75, 3.05) is 12.4 Å². The number of hydrogen-bond acceptors (Lipinski definition) is 6. The number of nitro groups is 1. The van der Waals surface area contributed by atoms with Gasteiger partial charge in [-0.1, -0.05) is 0 Å². The minimum absolute atomic E-state index is 0.0543. The lowest BCUT2D eigenvalue weighted by molar-refractivity contribution is -0.384. The fourth-order valence-corrected chi connectivity index (χ4v) is 2.70. The number of rotatable bonds is 7. The third-order valence-corrected chi connectivity index (χ3v) is 4.02. The summed E-state index contributed by atoms with van der Waals surface area (Å²) in [4.78, 5) is 23.0. The lowest BCUT2D eigenvalue weighted by atomic mass is 10.2. The number of aromatic nitrogens is 2. The first-order valence-corrected chi connectivity index (χ1v) is 8.54. The van der Waals surface area contributed by atoms with Crippen LogP contribution in [0.25, 0.3) is 5.69 Å². The summed E-state index contributed by atoms with van der Waals surface area (Å²) in [6.45, 7) is -1.37. The van der Waals surface area contributed by atoms with Crippen molar-refractivity contribution in [1.29, 1.82) is 0 Å². The maximum absolute atomic E-state index is 12.7. The van der Waals surface area contributed by atoms with E-state index in [0.29, 0.717) is 17.2 Å². The maximum atomic E-state index is 12.7. The molecule has 1 heterocycles. The molecule has 156 valence electrons. The van der Waals surface area contributed by atoms with E-state index in [1.807, 2.05) is 0 Å². The van der Waals surface area contributed by atoms with E-state index in [0.717, 1.165) is 6.07 Å². The number of nitro benzene ring substituents is 1. The average molecular weight is 418 g/mol. The molecule has 0 saturated carbocycles. The maximum Gasteiger partial charge on any atom is 0.387 e. The molecule has 1 amide bonds. The van der Waals surface area contributed by atoms with Gasteiger partial charge in [0.05, 0.1) is 23.4 Å². The van der Waals surface area contributed by atoms with Crippen LogP contribution in [0.15, 0.2) is 48.5 Å². The van der Waals surface area contributed by atoms with Crippen LogP contribution in [0.1, 0.15) is 16.1 Å². The van der Waals surface area contributed by atoms with E-state index in [2.05, 4.69) is 15.2 Å². The zero-order chi connectivity index (χ0) is 21.8. The van der Waals surface area contributed by atoms with E-state index in [1.54, 1.807) is 13.0 Å². The Morgan fingerprint density at radius 3 is 2.47 bits per heavy atom. The number of ether oxygens (including phenoxy) is 2. The minimum atomic E-state index is -3.08. The van der Waals surface area contributed by atoms with Crippen LogP contribution in [0.5, 0.6) is 11.5 Å². The van der Waals surface area contributed by atoms with Gasteiger partial charge in [-0.15, -0.1) is 0 Å². The highest BCUT2D eigenvalue weighted by molar-refractivity contribution is 6.04. The van der Waals surface area contributed by atoms with E-state index in [1.165, 1.54) is 48.2 Å². The lowest BCUT2D eigenvalue weighted by Crippen LogP contribution is -2.15. The largest absolute Gasteiger partial charge is 0.493 e. The number of aryl methyl sites for hydroxylation is 1. The van der Waals surface area contributed by atoms with Crippen molar-refractivity contribution in [3.63, 3.8) is 0 Å². The van der Waals surface area contributed by atoms with Gasteiger partial charge in [0.1, 0.15) is 5.82 Å². The number of nitrogens with zero attached hydrogens (tertiary/aromatic N) is 3. The Bertz CT molecular complexity index is 1080. The number of non-ortho nitro benzene ring substituents is 1. The fraction of sp³-hybridized carbons (Fsp3) is 0.158. The summed E-state index contributed by atoms with van der Waals surface area (Å²) >= 11 is 0. The third kappa shape index (κ3) is 4.51. The van der Waals surface area contributed by atoms with Gasteiger partial charge in [0.2, 0.25) is 0 Å². The second kappa shape index (κ2) is 8.55. The van der Waals surface area contributed by atoms with Crippen LogP contribution in [0.2, 0.25) is 0 Å². The van der Waals surface area contributed by atoms with E-state index in [9.17, 15) is 23.7 Å². The van der Waals surface area contributed by atoms with Crippen molar-refractivity contribution in [2.45, 2.75) is 13.5 Å². The molecular formula is C19H16F2N4O5. The van der Waals surface area contributed by atoms with Crippen molar-refractivity contribution in [2.24, 2.45) is 0 Å². The minimum Gasteiger partial charge on any atom is -0.493 e. The molecule has 0 unspecified atom stereocenters. The summed E-state index contributed by atoms with van der Waals surface area (Å²) < 4.78 is 36.0. The van der Waals surface area contributed by atoms with E-state index in [-0.39, 0.29) is 22.7 Å². The molecule has 0 radical (unpaired) electrons. The molecule has 1 aromatic heterocycles. The molecular weight excluding hydrogens is 402 g/mol. The summed E-state index contributed by atoms with van der Waals surface area (Å²) in [7, 11) is 1.29. The lowest BCUT2D eigenvalue weighted by Gasteiger charge is -2.12. The van der Waals surface area contributed by atoms with Crippen molar-refractivity contribution in [3.05, 3.63) is 69.9 Å². The number of methoxy groups -OCH3 is 1. The number of halogens is 2. The molecule has 0 atom stereocenters. The summed E-state index contributed by atoms with van der Waals surface area (Å²) in [6.07, 6.45) is 0. The van der Waals surface area contributed by atoms with Gasteiger partial charge >= 0.3 is 6.61 Å². The first-order chi connectivity index (χ1) is 14.3. The Morgan fingerprint density at radius 1 is 1.17 bits per heavy atom. The van der Waals surface area contributed by atoms with Gasteiger partial charge in [0.25, 0.3) is 11.6 Å². The number of alkyl halides is 2. The molecule has 0 aliphatic rings. The van der Waals surface area contributed by atoms with Gasteiger partial charge in [-0.25, -0.2) is 4.68 Å². The van der Waals surface area contributed by atoms with Crippen LogP contribution in [0.4, 0.5) is 20.3 Å². The zero-order valence-corrected chi connectivity index (χ0v) is 15.8. The van der Waals surface area contributed by atoms with Crippen molar-refractivity contribution < 1.29 is 28.0 Å². The number of carbonyl (C=O) groups excluding carboxylic acids is 1. The van der Waals surface area contributed by atoms with Crippen LogP contribution >= 0.6 is 0 Å². The third-order valence-electron chi connectivity index (χ3n) is 4.02. The predicted octanol–water partition coefficient (Wildman–Crippen LogP) is 3.95. The standard InChI is InChI=1S/C19H16F2N4O5/c1-11-9-17(24(23-11)13-4-6-14(7-5-13)25(27)28)22-18(26)12-3-8-15(29-2)16(10-12)30-19(20)21/h3-10,19H,1-2H3,(H,22,26). The van der Waals surface area contributed by atoms with Crippen LogP contribution in [0.3, 0.4) is 0 Å². The monoisotopic (exact) mass is 418 g/mol. The van der Waals surface area contributed by atoms with Gasteiger partial charge in [0.15, 0.2) is 11.5 Å². The molecule has 0 bridgehead atoms. The quantitative estimate of drug-likeness (QED) is 0.460. The molecule has 0 saturated heterocycles. The fourth-order valence-electron chi connectivity index (χ4n) is 2.70. The van der Waals surface area contributed by atoms with E-state index in [4.69, 9.17) is 4.74 Å². The summed E-state index contributed by atoms with van der Waals surface area (Å²) in [6, 6.07) is 11.1. The Morgan fingerprint density at radius 2 is 1.87 bits per heavy atom. The second-order valence-corrected chi connectivity index (χ2v) is 6.05. The number of amides is 1. The van der Waals surface area contributed by atoms with E-state index >= 15 is 0 Å². The van der Waals surface area contributed by atoms with E-state index < -0.39 is 17.4 Å². The van der Waals surface area contributed by atoms with Gasteiger partial charge in [-0.05, 0) is 37.3 Å². The Balaban J connectivity index is 1.88. The number of benzene rings is 2. The molecule has 1 N–H and O–H groups in total. The van der Waals surface area contributed by atoms with Crippen LogP contribution in [0, 0.1) is 17.0 Å². The molecule has 0 fully saturated rings. The van der Waals surface area contributed by atoms with Crippen molar-refractivity contribution in [1.82, 2.24) is 9.78 Å². The number of hydrogen-bond donors (Lipinski definition) is 1. The molecule has 3 aromatic rings. The molecule has 30 heavy (non-hydrogen) atoms. The first kappa shape index (κ1) is 20.7. The van der Waals surface area contributed by atoms with Crippen molar-refractivity contribution in [3.8, 4) is 17.2 Å². The molecule has 0 aliphatic heterocycles. The average Bonchev–Trinajstić information content (AvgIpc) is 3.07. The summed E-state index contributed by atoms with van der Waals surface area (Å²) in [5.74, 6) is -0.530. The number of nitrogens with one attached hydrogen (secondary N) is 1. The Hall–Kier alpha value is -4.02. The highest BCUT2D eigenvalue weighted by Gasteiger charge is 2.17. The normalized spacial score (nSPS) is 10.7. The first-order valence-electron chi connectivity index (χ1n) is 8.54.